The molecule has 1 saturated heterocycles. The third-order valence-corrected chi connectivity index (χ3v) is 3.10. The van der Waals surface area contributed by atoms with Gasteiger partial charge in [-0.05, 0) is 31.6 Å². The Labute approximate surface area is 81.9 Å². The van der Waals surface area contributed by atoms with Crippen LogP contribution in [0.4, 0.5) is 0 Å². The highest BCUT2D eigenvalue weighted by Gasteiger charge is 2.23. The fourth-order valence-corrected chi connectivity index (χ4v) is 2.09. The maximum Gasteiger partial charge on any atom is 0.0468 e. The average Bonchev–Trinajstić information content (AvgIpc) is 2.11. The summed E-state index contributed by atoms with van der Waals surface area (Å²) < 4.78 is 0. The number of nitrogens with zero attached hydrogens (tertiary/aromatic N) is 1. The zero-order valence-corrected chi connectivity index (χ0v) is 9.16. The van der Waals surface area contributed by atoms with Gasteiger partial charge in [0.1, 0.15) is 0 Å². The van der Waals surface area contributed by atoms with Gasteiger partial charge in [-0.1, -0.05) is 13.8 Å². The minimum absolute atomic E-state index is 0.317. The predicted molar refractivity (Wildman–Crippen MR) is 55.7 cm³/mol. The number of piperidine rings is 1. The molecule has 0 aromatic rings. The van der Waals surface area contributed by atoms with Gasteiger partial charge in [-0.25, -0.2) is 0 Å². The highest BCUT2D eigenvalue weighted by atomic mass is 16.3. The SMILES string of the molecule is CC(CO)CN1CC(C)CCC1C. The summed E-state index contributed by atoms with van der Waals surface area (Å²) in [7, 11) is 0. The minimum Gasteiger partial charge on any atom is -0.396 e. The van der Waals surface area contributed by atoms with Crippen LogP contribution in [0.25, 0.3) is 0 Å². The lowest BCUT2D eigenvalue weighted by Crippen LogP contribution is -2.43. The molecular formula is C11H23NO. The lowest BCUT2D eigenvalue weighted by atomic mass is 9.94. The van der Waals surface area contributed by atoms with Crippen molar-refractivity contribution in [3.8, 4) is 0 Å². The molecule has 1 fully saturated rings. The van der Waals surface area contributed by atoms with Gasteiger partial charge in [0.2, 0.25) is 0 Å². The van der Waals surface area contributed by atoms with Crippen LogP contribution in [0.2, 0.25) is 0 Å². The number of aliphatic hydroxyl groups is 1. The normalized spacial score (nSPS) is 33.2. The van der Waals surface area contributed by atoms with E-state index in [1.54, 1.807) is 0 Å². The molecule has 0 amide bonds. The van der Waals surface area contributed by atoms with Gasteiger partial charge in [0.15, 0.2) is 0 Å². The molecule has 0 saturated carbocycles. The van der Waals surface area contributed by atoms with E-state index in [9.17, 15) is 0 Å². The number of rotatable bonds is 3. The molecule has 0 aromatic heterocycles. The zero-order chi connectivity index (χ0) is 9.84. The van der Waals surface area contributed by atoms with Crippen molar-refractivity contribution >= 4 is 0 Å². The minimum atomic E-state index is 0.317. The number of likely N-dealkylation sites (tertiary alicyclic amines) is 1. The van der Waals surface area contributed by atoms with Gasteiger partial charge in [0.05, 0.1) is 0 Å². The molecule has 1 heterocycles. The van der Waals surface area contributed by atoms with E-state index in [2.05, 4.69) is 25.7 Å². The molecular weight excluding hydrogens is 162 g/mol. The zero-order valence-electron chi connectivity index (χ0n) is 9.16. The van der Waals surface area contributed by atoms with E-state index in [-0.39, 0.29) is 0 Å². The molecule has 1 N–H and O–H groups in total. The number of hydrogen-bond donors (Lipinski definition) is 1. The first-order chi connectivity index (χ1) is 6.13. The summed E-state index contributed by atoms with van der Waals surface area (Å²) in [5.74, 6) is 1.26. The van der Waals surface area contributed by atoms with Crippen LogP contribution >= 0.6 is 0 Å². The van der Waals surface area contributed by atoms with Gasteiger partial charge in [-0.15, -0.1) is 0 Å². The second-order valence-electron chi connectivity index (χ2n) is 4.77. The fraction of sp³-hybridized carbons (Fsp3) is 1.00. The van der Waals surface area contributed by atoms with Crippen LogP contribution < -0.4 is 0 Å². The third kappa shape index (κ3) is 3.28. The molecule has 1 rings (SSSR count). The van der Waals surface area contributed by atoms with E-state index in [1.807, 2.05) is 0 Å². The first-order valence-corrected chi connectivity index (χ1v) is 5.48. The van der Waals surface area contributed by atoms with Crippen LogP contribution in [0.1, 0.15) is 33.6 Å². The van der Waals surface area contributed by atoms with Gasteiger partial charge < -0.3 is 10.0 Å². The summed E-state index contributed by atoms with van der Waals surface area (Å²) in [6.07, 6.45) is 2.69. The maximum absolute atomic E-state index is 8.99. The Hall–Kier alpha value is -0.0800. The monoisotopic (exact) mass is 185 g/mol. The molecule has 2 heteroatoms. The molecule has 2 nitrogen and oxygen atoms in total. The molecule has 1 aliphatic rings. The second kappa shape index (κ2) is 4.97. The average molecular weight is 185 g/mol. The topological polar surface area (TPSA) is 23.5 Å². The molecule has 1 aliphatic heterocycles. The molecule has 3 unspecified atom stereocenters. The van der Waals surface area contributed by atoms with Crippen molar-refractivity contribution in [1.29, 1.82) is 0 Å². The lowest BCUT2D eigenvalue weighted by Gasteiger charge is -2.38. The van der Waals surface area contributed by atoms with Gasteiger partial charge >= 0.3 is 0 Å². The van der Waals surface area contributed by atoms with Crippen molar-refractivity contribution in [2.24, 2.45) is 11.8 Å². The number of aliphatic hydroxyl groups excluding tert-OH is 1. The Morgan fingerprint density at radius 2 is 2.08 bits per heavy atom. The van der Waals surface area contributed by atoms with Crippen LogP contribution in [-0.2, 0) is 0 Å². The fourth-order valence-electron chi connectivity index (χ4n) is 2.09. The first-order valence-electron chi connectivity index (χ1n) is 5.48. The Morgan fingerprint density at radius 1 is 1.38 bits per heavy atom. The summed E-state index contributed by atoms with van der Waals surface area (Å²) in [5.41, 5.74) is 0. The van der Waals surface area contributed by atoms with Crippen molar-refractivity contribution in [2.45, 2.75) is 39.7 Å². The summed E-state index contributed by atoms with van der Waals surface area (Å²) in [4.78, 5) is 2.52. The quantitative estimate of drug-likeness (QED) is 0.724. The van der Waals surface area contributed by atoms with E-state index >= 15 is 0 Å². The lowest BCUT2D eigenvalue weighted by molar-refractivity contribution is 0.0911. The standard InChI is InChI=1S/C11H23NO/c1-9-4-5-11(3)12(6-9)7-10(2)8-13/h9-11,13H,4-8H2,1-3H3. The van der Waals surface area contributed by atoms with E-state index < -0.39 is 0 Å². The molecule has 0 radical (unpaired) electrons. The number of hydrogen-bond acceptors (Lipinski definition) is 2. The Bertz CT molecular complexity index is 149. The van der Waals surface area contributed by atoms with Gasteiger partial charge in [0, 0.05) is 25.7 Å². The largest absolute Gasteiger partial charge is 0.396 e. The molecule has 3 atom stereocenters. The summed E-state index contributed by atoms with van der Waals surface area (Å²) in [6.45, 7) is 9.33. The maximum atomic E-state index is 8.99. The summed E-state index contributed by atoms with van der Waals surface area (Å²) in [5, 5.41) is 8.99. The van der Waals surface area contributed by atoms with Crippen molar-refractivity contribution in [2.75, 3.05) is 19.7 Å². The van der Waals surface area contributed by atoms with E-state index in [1.165, 1.54) is 19.4 Å². The predicted octanol–water partition coefficient (Wildman–Crippen LogP) is 1.74. The summed E-state index contributed by atoms with van der Waals surface area (Å²) >= 11 is 0. The molecule has 78 valence electrons. The van der Waals surface area contributed by atoms with Crippen LogP contribution in [0.15, 0.2) is 0 Å². The summed E-state index contributed by atoms with van der Waals surface area (Å²) in [6, 6.07) is 0.713. The Balaban J connectivity index is 2.37. The van der Waals surface area contributed by atoms with E-state index in [4.69, 9.17) is 5.11 Å². The van der Waals surface area contributed by atoms with E-state index in [0.717, 1.165) is 12.5 Å². The van der Waals surface area contributed by atoms with Gasteiger partial charge in [-0.2, -0.15) is 0 Å². The van der Waals surface area contributed by atoms with Crippen molar-refractivity contribution < 1.29 is 5.11 Å². The van der Waals surface area contributed by atoms with E-state index in [0.29, 0.717) is 18.6 Å². The van der Waals surface area contributed by atoms with Crippen LogP contribution in [0, 0.1) is 11.8 Å². The molecule has 0 aromatic carbocycles. The van der Waals surface area contributed by atoms with Crippen LogP contribution in [0.3, 0.4) is 0 Å². The smallest absolute Gasteiger partial charge is 0.0468 e. The van der Waals surface area contributed by atoms with Crippen molar-refractivity contribution in [3.05, 3.63) is 0 Å². The third-order valence-electron chi connectivity index (χ3n) is 3.10. The Kier molecular flexibility index (Phi) is 4.20. The second-order valence-corrected chi connectivity index (χ2v) is 4.77. The molecule has 13 heavy (non-hydrogen) atoms. The molecule has 0 aliphatic carbocycles. The van der Waals surface area contributed by atoms with Crippen LogP contribution in [-0.4, -0.2) is 35.7 Å². The van der Waals surface area contributed by atoms with Gasteiger partial charge in [0.25, 0.3) is 0 Å². The van der Waals surface area contributed by atoms with Crippen molar-refractivity contribution in [1.82, 2.24) is 4.90 Å². The molecule has 0 spiro atoms. The Morgan fingerprint density at radius 3 is 2.69 bits per heavy atom. The van der Waals surface area contributed by atoms with Crippen molar-refractivity contribution in [3.63, 3.8) is 0 Å². The van der Waals surface area contributed by atoms with Gasteiger partial charge in [-0.3, -0.25) is 0 Å². The van der Waals surface area contributed by atoms with Crippen LogP contribution in [0.5, 0.6) is 0 Å². The first kappa shape index (κ1) is 11.0. The highest BCUT2D eigenvalue weighted by molar-refractivity contribution is 4.77. The highest BCUT2D eigenvalue weighted by Crippen LogP contribution is 2.21. The molecule has 0 bridgehead atoms.